The van der Waals surface area contributed by atoms with Crippen molar-refractivity contribution in [2.24, 2.45) is 0 Å². The molecule has 0 bridgehead atoms. The number of amides is 2. The van der Waals surface area contributed by atoms with Gasteiger partial charge in [-0.25, -0.2) is 14.8 Å². The van der Waals surface area contributed by atoms with Gasteiger partial charge in [0, 0.05) is 40.3 Å². The summed E-state index contributed by atoms with van der Waals surface area (Å²) in [6, 6.07) is 12.9. The first kappa shape index (κ1) is 21.3. The van der Waals surface area contributed by atoms with E-state index in [9.17, 15) is 4.79 Å². The number of H-pyrrole nitrogens is 1. The van der Waals surface area contributed by atoms with Crippen molar-refractivity contribution in [2.45, 2.75) is 26.7 Å². The van der Waals surface area contributed by atoms with Crippen LogP contribution in [-0.4, -0.2) is 31.1 Å². The van der Waals surface area contributed by atoms with Gasteiger partial charge in [0.1, 0.15) is 17.7 Å². The smallest absolute Gasteiger partial charge is 0.326 e. The van der Waals surface area contributed by atoms with Gasteiger partial charge in [-0.1, -0.05) is 31.1 Å². The molecule has 9 nitrogen and oxygen atoms in total. The highest BCUT2D eigenvalue weighted by Crippen LogP contribution is 2.34. The van der Waals surface area contributed by atoms with Gasteiger partial charge in [0.25, 0.3) is 0 Å². The lowest BCUT2D eigenvalue weighted by molar-refractivity contribution is 0.261. The summed E-state index contributed by atoms with van der Waals surface area (Å²) in [5, 5.41) is 10.8. The minimum absolute atomic E-state index is 0.0840. The molecule has 0 unspecified atom stereocenters. The van der Waals surface area contributed by atoms with Gasteiger partial charge in [0.15, 0.2) is 0 Å². The topological polar surface area (TPSA) is 122 Å². The van der Waals surface area contributed by atoms with Crippen LogP contribution in [0.1, 0.15) is 31.0 Å². The quantitative estimate of drug-likeness (QED) is 0.311. The number of hydrogen-bond donors (Lipinski definition) is 3. The lowest BCUT2D eigenvalue weighted by Gasteiger charge is -2.10. The summed E-state index contributed by atoms with van der Waals surface area (Å²) in [7, 11) is 0. The van der Waals surface area contributed by atoms with E-state index in [1.807, 2.05) is 63.2 Å². The summed E-state index contributed by atoms with van der Waals surface area (Å²) >= 11 is 0. The highest BCUT2D eigenvalue weighted by molar-refractivity contribution is 6.00. The van der Waals surface area contributed by atoms with Crippen LogP contribution in [0.25, 0.3) is 33.5 Å². The monoisotopic (exact) mass is 453 g/mol. The second kappa shape index (κ2) is 8.78. The third-order valence-corrected chi connectivity index (χ3v) is 5.55. The molecule has 1 aromatic carbocycles. The Bertz CT molecular complexity index is 1450. The highest BCUT2D eigenvalue weighted by Gasteiger charge is 2.22. The van der Waals surface area contributed by atoms with E-state index >= 15 is 0 Å². The summed E-state index contributed by atoms with van der Waals surface area (Å²) < 4.78 is 5.47. The number of pyridine rings is 1. The summed E-state index contributed by atoms with van der Waals surface area (Å²) in [6.45, 7) is 5.99. The van der Waals surface area contributed by atoms with Crippen molar-refractivity contribution in [1.82, 2.24) is 25.1 Å². The van der Waals surface area contributed by atoms with Crippen LogP contribution < -0.4 is 10.6 Å². The van der Waals surface area contributed by atoms with Gasteiger partial charge < -0.3 is 14.8 Å². The first-order chi connectivity index (χ1) is 16.5. The van der Waals surface area contributed by atoms with Crippen molar-refractivity contribution in [1.29, 1.82) is 0 Å². The largest absolute Gasteiger partial charge is 0.339 e. The molecule has 170 valence electrons. The Labute approximate surface area is 195 Å². The third kappa shape index (κ3) is 4.11. The van der Waals surface area contributed by atoms with Crippen molar-refractivity contribution in [3.63, 3.8) is 0 Å². The molecule has 0 aliphatic heterocycles. The number of aryl methyl sites for hydroxylation is 1. The molecule has 3 N–H and O–H groups in total. The van der Waals surface area contributed by atoms with E-state index in [1.54, 1.807) is 18.7 Å². The van der Waals surface area contributed by atoms with Gasteiger partial charge >= 0.3 is 6.03 Å². The molecule has 0 saturated heterocycles. The number of nitrogens with one attached hydrogen (secondary N) is 3. The zero-order chi connectivity index (χ0) is 23.7. The lowest BCUT2D eigenvalue weighted by Crippen LogP contribution is -2.20. The second-order valence-corrected chi connectivity index (χ2v) is 8.23. The van der Waals surface area contributed by atoms with Crippen LogP contribution in [0.2, 0.25) is 0 Å². The molecule has 2 amide bonds. The molecule has 0 spiro atoms. The van der Waals surface area contributed by atoms with E-state index in [0.717, 1.165) is 39.1 Å². The number of hydrogen-bond acceptors (Lipinski definition) is 6. The van der Waals surface area contributed by atoms with Gasteiger partial charge in [-0.3, -0.25) is 10.3 Å². The van der Waals surface area contributed by atoms with Crippen molar-refractivity contribution < 1.29 is 9.32 Å². The number of benzene rings is 1. The zero-order valence-corrected chi connectivity index (χ0v) is 19.0. The molecule has 0 radical (unpaired) electrons. The van der Waals surface area contributed by atoms with Gasteiger partial charge in [-0.05, 0) is 48.7 Å². The minimum atomic E-state index is -0.417. The van der Waals surface area contributed by atoms with Crippen molar-refractivity contribution >= 4 is 28.6 Å². The van der Waals surface area contributed by atoms with Crippen LogP contribution in [0.3, 0.4) is 0 Å². The molecule has 0 fully saturated rings. The Balaban J connectivity index is 1.31. The summed E-state index contributed by atoms with van der Waals surface area (Å²) in [4.78, 5) is 28.6. The van der Waals surface area contributed by atoms with Crippen LogP contribution >= 0.6 is 0 Å². The molecule has 4 aromatic heterocycles. The Morgan fingerprint density at radius 1 is 1.06 bits per heavy atom. The molecular formula is C25H23N7O2. The summed E-state index contributed by atoms with van der Waals surface area (Å²) in [6.07, 6.45) is 4.96. The minimum Gasteiger partial charge on any atom is -0.339 e. The molecule has 0 aliphatic rings. The Morgan fingerprint density at radius 2 is 1.88 bits per heavy atom. The molecule has 5 rings (SSSR count). The lowest BCUT2D eigenvalue weighted by atomic mass is 9.99. The fraction of sp³-hybridized carbons (Fsp3) is 0.160. The molecule has 0 saturated carbocycles. The first-order valence-corrected chi connectivity index (χ1v) is 10.9. The Morgan fingerprint density at radius 3 is 2.59 bits per heavy atom. The predicted octanol–water partition coefficient (Wildman–Crippen LogP) is 5.75. The van der Waals surface area contributed by atoms with E-state index in [-0.39, 0.29) is 5.92 Å². The third-order valence-electron chi connectivity index (χ3n) is 5.55. The van der Waals surface area contributed by atoms with Gasteiger partial charge in [0.05, 0.1) is 5.69 Å². The Kier molecular flexibility index (Phi) is 5.51. The second-order valence-electron chi connectivity index (χ2n) is 8.23. The number of fused-ring (bicyclic) bond motifs is 1. The molecule has 4 heterocycles. The molecular weight excluding hydrogens is 430 g/mol. The first-order valence-electron chi connectivity index (χ1n) is 10.9. The number of aromatic nitrogens is 5. The van der Waals surface area contributed by atoms with Crippen molar-refractivity contribution in [3.05, 3.63) is 72.4 Å². The average Bonchev–Trinajstić information content (AvgIpc) is 3.45. The maximum absolute atomic E-state index is 12.7. The van der Waals surface area contributed by atoms with Crippen LogP contribution in [0.15, 0.2) is 65.7 Å². The maximum Gasteiger partial charge on any atom is 0.326 e. The number of carbonyl (C=O) groups is 1. The normalized spacial score (nSPS) is 11.2. The fourth-order valence-electron chi connectivity index (χ4n) is 3.85. The summed E-state index contributed by atoms with van der Waals surface area (Å²) in [5.41, 5.74) is 6.58. The molecule has 34 heavy (non-hydrogen) atoms. The molecule has 0 aliphatic carbocycles. The van der Waals surface area contributed by atoms with Crippen LogP contribution in [0.4, 0.5) is 16.4 Å². The van der Waals surface area contributed by atoms with E-state index in [4.69, 9.17) is 4.52 Å². The highest BCUT2D eigenvalue weighted by atomic mass is 16.5. The number of anilines is 2. The SMILES string of the molecule is Cc1ncnc2[nH]c(-c3ccc(NC(=O)Nc4onc(-c5cccnc5)c4C(C)C)cc3)cc12. The predicted molar refractivity (Wildman–Crippen MR) is 131 cm³/mol. The number of rotatable bonds is 5. The number of urea groups is 1. The van der Waals surface area contributed by atoms with E-state index < -0.39 is 6.03 Å². The molecule has 9 heteroatoms. The standard InChI is InChI=1S/C25H23N7O2/c1-14(2)21-22(17-5-4-10-26-12-17)32-34-24(21)31-25(33)29-18-8-6-16(7-9-18)20-11-19-15(3)27-13-28-23(19)30-20/h4-14H,1-3H3,(H,27,28,30)(H2,29,31,33). The van der Waals surface area contributed by atoms with Gasteiger partial charge in [-0.2, -0.15) is 0 Å². The van der Waals surface area contributed by atoms with Crippen molar-refractivity contribution in [2.75, 3.05) is 10.6 Å². The van der Waals surface area contributed by atoms with Gasteiger partial charge in [-0.15, -0.1) is 0 Å². The molecule has 0 atom stereocenters. The molecule has 5 aromatic rings. The van der Waals surface area contributed by atoms with Crippen LogP contribution in [0.5, 0.6) is 0 Å². The number of aromatic amines is 1. The average molecular weight is 454 g/mol. The Hall–Kier alpha value is -4.53. The van der Waals surface area contributed by atoms with Crippen LogP contribution in [-0.2, 0) is 0 Å². The van der Waals surface area contributed by atoms with Crippen molar-refractivity contribution in [3.8, 4) is 22.5 Å². The number of nitrogens with zero attached hydrogens (tertiary/aromatic N) is 4. The maximum atomic E-state index is 12.7. The number of carbonyl (C=O) groups excluding carboxylic acids is 1. The van der Waals surface area contributed by atoms with Crippen LogP contribution in [0, 0.1) is 6.92 Å². The van der Waals surface area contributed by atoms with E-state index in [2.05, 4.69) is 35.7 Å². The zero-order valence-electron chi connectivity index (χ0n) is 19.0. The van der Waals surface area contributed by atoms with E-state index in [1.165, 1.54) is 0 Å². The fourth-order valence-corrected chi connectivity index (χ4v) is 3.85. The summed E-state index contributed by atoms with van der Waals surface area (Å²) in [5.74, 6) is 0.401. The van der Waals surface area contributed by atoms with E-state index in [0.29, 0.717) is 17.3 Å². The van der Waals surface area contributed by atoms with Gasteiger partial charge in [0.2, 0.25) is 5.88 Å².